The van der Waals surface area contributed by atoms with Gasteiger partial charge < -0.3 is 21.1 Å². The van der Waals surface area contributed by atoms with Gasteiger partial charge in [0, 0.05) is 30.6 Å². The molecule has 3 unspecified atom stereocenters. The van der Waals surface area contributed by atoms with Crippen molar-refractivity contribution in [1.29, 1.82) is 0 Å². The highest BCUT2D eigenvalue weighted by Crippen LogP contribution is 2.33. The van der Waals surface area contributed by atoms with Gasteiger partial charge in [0.25, 0.3) is 0 Å². The van der Waals surface area contributed by atoms with Crippen molar-refractivity contribution in [3.05, 3.63) is 0 Å². The number of aliphatic hydroxyl groups excluding tert-OH is 1. The van der Waals surface area contributed by atoms with Crippen molar-refractivity contribution in [2.24, 2.45) is 0 Å². The molecular weight excluding hydrogens is 302 g/mol. The maximum Gasteiger partial charge on any atom is 0.315 e. The largest absolute Gasteiger partial charge is 0.396 e. The predicted octanol–water partition coefficient (Wildman–Crippen LogP) is 0.991. The Morgan fingerprint density at radius 1 is 1.23 bits per heavy atom. The number of hydrogen-bond acceptors (Lipinski definition) is 4. The van der Waals surface area contributed by atoms with Crippen molar-refractivity contribution < 1.29 is 14.7 Å². The minimum atomic E-state index is -0.0409. The van der Waals surface area contributed by atoms with Crippen LogP contribution in [-0.2, 0) is 4.79 Å². The molecule has 0 aromatic heterocycles. The molecule has 0 aliphatic carbocycles. The summed E-state index contributed by atoms with van der Waals surface area (Å²) in [6.07, 6.45) is 6.25. The highest BCUT2D eigenvalue weighted by Gasteiger charge is 2.42. The smallest absolute Gasteiger partial charge is 0.315 e. The Bertz CT molecular complexity index is 381. The third-order valence-electron chi connectivity index (χ3n) is 4.24. The van der Waals surface area contributed by atoms with Crippen LogP contribution < -0.4 is 16.0 Å². The second-order valence-electron chi connectivity index (χ2n) is 6.00. The quantitative estimate of drug-likeness (QED) is 0.355. The first kappa shape index (κ1) is 17.4. The second-order valence-corrected chi connectivity index (χ2v) is 7.27. The van der Waals surface area contributed by atoms with E-state index < -0.39 is 0 Å². The molecule has 0 radical (unpaired) electrons. The van der Waals surface area contributed by atoms with Crippen molar-refractivity contribution in [2.75, 3.05) is 18.9 Å². The van der Waals surface area contributed by atoms with Crippen LogP contribution in [0.25, 0.3) is 0 Å². The molecule has 2 rings (SSSR count). The van der Waals surface area contributed by atoms with E-state index in [1.165, 1.54) is 0 Å². The zero-order valence-corrected chi connectivity index (χ0v) is 13.8. The number of unbranched alkanes of at least 4 members (excludes halogenated alkanes) is 3. The van der Waals surface area contributed by atoms with Crippen LogP contribution in [0.15, 0.2) is 0 Å². The summed E-state index contributed by atoms with van der Waals surface area (Å²) in [5, 5.41) is 18.0. The van der Waals surface area contributed by atoms with Crippen molar-refractivity contribution in [1.82, 2.24) is 16.0 Å². The third-order valence-corrected chi connectivity index (χ3v) is 5.75. The number of carbonyl (C=O) groups is 2. The number of rotatable bonds is 10. The molecular formula is C15H27N3O3S. The minimum absolute atomic E-state index is 0.0409. The molecule has 2 heterocycles. The fourth-order valence-corrected chi connectivity index (χ4v) is 4.55. The van der Waals surface area contributed by atoms with E-state index in [0.29, 0.717) is 18.2 Å². The molecule has 126 valence electrons. The summed E-state index contributed by atoms with van der Waals surface area (Å²) in [6.45, 7) is 0.934. The van der Waals surface area contributed by atoms with E-state index in [-0.39, 0.29) is 30.6 Å². The average Bonchev–Trinajstić information content (AvgIpc) is 3.03. The second kappa shape index (κ2) is 9.25. The van der Waals surface area contributed by atoms with E-state index in [9.17, 15) is 9.59 Å². The fraction of sp³-hybridized carbons (Fsp3) is 0.867. The van der Waals surface area contributed by atoms with E-state index in [2.05, 4.69) is 16.0 Å². The van der Waals surface area contributed by atoms with Crippen molar-refractivity contribution in [3.8, 4) is 0 Å². The summed E-state index contributed by atoms with van der Waals surface area (Å²) < 4.78 is 0. The molecule has 2 saturated heterocycles. The number of carbonyl (C=O) groups excluding carboxylic acids is 2. The van der Waals surface area contributed by atoms with Gasteiger partial charge in [-0.3, -0.25) is 4.79 Å². The molecule has 0 aromatic carbocycles. The summed E-state index contributed by atoms with van der Waals surface area (Å²) in [6, 6.07) is 0.503. The lowest BCUT2D eigenvalue weighted by Crippen LogP contribution is -2.36. The Morgan fingerprint density at radius 2 is 2.09 bits per heavy atom. The molecule has 2 fully saturated rings. The van der Waals surface area contributed by atoms with Crippen LogP contribution >= 0.6 is 11.8 Å². The number of thioether (sulfide) groups is 1. The number of amides is 3. The Labute approximate surface area is 136 Å². The lowest BCUT2D eigenvalue weighted by molar-refractivity contribution is -0.121. The summed E-state index contributed by atoms with van der Waals surface area (Å²) in [5.74, 6) is 1.11. The molecule has 22 heavy (non-hydrogen) atoms. The van der Waals surface area contributed by atoms with Crippen molar-refractivity contribution in [3.63, 3.8) is 0 Å². The lowest BCUT2D eigenvalue weighted by atomic mass is 10.0. The maximum atomic E-state index is 11.7. The van der Waals surface area contributed by atoms with Crippen LogP contribution in [0.2, 0.25) is 0 Å². The van der Waals surface area contributed by atoms with Gasteiger partial charge in [0.2, 0.25) is 5.91 Å². The number of fused-ring (bicyclic) bond motifs is 1. The van der Waals surface area contributed by atoms with Crippen molar-refractivity contribution in [2.45, 2.75) is 62.3 Å². The topological polar surface area (TPSA) is 90.5 Å². The van der Waals surface area contributed by atoms with E-state index in [1.807, 2.05) is 11.8 Å². The van der Waals surface area contributed by atoms with Gasteiger partial charge in [0.1, 0.15) is 0 Å². The van der Waals surface area contributed by atoms with Crippen LogP contribution in [-0.4, -0.2) is 53.3 Å². The Kier molecular flexibility index (Phi) is 7.32. The standard InChI is InChI=1S/C15H27N3O3S/c19-9-5-1-4-8-16-13(20)7-3-2-6-12-14-11(10-22-12)17-15(21)18-14/h11-12,14,19H,1-10H2,(H,16,20)(H2,17,18,21). The summed E-state index contributed by atoms with van der Waals surface area (Å²) in [7, 11) is 0. The fourth-order valence-electron chi connectivity index (χ4n) is 3.00. The molecule has 0 spiro atoms. The molecule has 6 nitrogen and oxygen atoms in total. The van der Waals surface area contributed by atoms with Crippen LogP contribution in [0.5, 0.6) is 0 Å². The molecule has 0 aromatic rings. The number of urea groups is 1. The van der Waals surface area contributed by atoms with E-state index in [4.69, 9.17) is 5.11 Å². The zero-order chi connectivity index (χ0) is 15.8. The maximum absolute atomic E-state index is 11.7. The lowest BCUT2D eigenvalue weighted by Gasteiger charge is -2.16. The zero-order valence-electron chi connectivity index (χ0n) is 13.0. The molecule has 2 aliphatic heterocycles. The predicted molar refractivity (Wildman–Crippen MR) is 87.9 cm³/mol. The number of nitrogens with one attached hydrogen (secondary N) is 3. The van der Waals surface area contributed by atoms with Gasteiger partial charge in [-0.1, -0.05) is 6.42 Å². The summed E-state index contributed by atoms with van der Waals surface area (Å²) in [4.78, 5) is 23.0. The van der Waals surface area contributed by atoms with E-state index in [0.717, 1.165) is 44.3 Å². The SMILES string of the molecule is O=C(CCCCC1SCC2NC(=O)NC21)NCCCCCO. The Balaban J connectivity index is 1.49. The molecule has 4 N–H and O–H groups in total. The van der Waals surface area contributed by atoms with Gasteiger partial charge in [-0.25, -0.2) is 4.79 Å². The Hall–Kier alpha value is -0.950. The van der Waals surface area contributed by atoms with Gasteiger partial charge in [-0.2, -0.15) is 11.8 Å². The minimum Gasteiger partial charge on any atom is -0.396 e. The van der Waals surface area contributed by atoms with Crippen LogP contribution in [0.4, 0.5) is 4.79 Å². The van der Waals surface area contributed by atoms with Crippen LogP contribution in [0.1, 0.15) is 44.9 Å². The first-order chi connectivity index (χ1) is 10.7. The van der Waals surface area contributed by atoms with Gasteiger partial charge in [-0.15, -0.1) is 0 Å². The molecule has 3 amide bonds. The number of hydrogen-bond donors (Lipinski definition) is 4. The van der Waals surface area contributed by atoms with Crippen LogP contribution in [0, 0.1) is 0 Å². The summed E-state index contributed by atoms with van der Waals surface area (Å²) in [5.41, 5.74) is 0. The first-order valence-electron chi connectivity index (χ1n) is 8.27. The third kappa shape index (κ3) is 5.35. The normalized spacial score (nSPS) is 26.4. The molecule has 3 atom stereocenters. The van der Waals surface area contributed by atoms with Gasteiger partial charge in [0.15, 0.2) is 0 Å². The van der Waals surface area contributed by atoms with Crippen LogP contribution in [0.3, 0.4) is 0 Å². The van der Waals surface area contributed by atoms with Gasteiger partial charge in [-0.05, 0) is 32.1 Å². The van der Waals surface area contributed by atoms with Crippen molar-refractivity contribution >= 4 is 23.7 Å². The average molecular weight is 329 g/mol. The molecule has 0 saturated carbocycles. The highest BCUT2D eigenvalue weighted by atomic mass is 32.2. The molecule has 0 bridgehead atoms. The van der Waals surface area contributed by atoms with Gasteiger partial charge in [0.05, 0.1) is 12.1 Å². The first-order valence-corrected chi connectivity index (χ1v) is 9.32. The number of aliphatic hydroxyl groups is 1. The van der Waals surface area contributed by atoms with E-state index in [1.54, 1.807) is 0 Å². The molecule has 7 heteroatoms. The van der Waals surface area contributed by atoms with E-state index >= 15 is 0 Å². The van der Waals surface area contributed by atoms with Gasteiger partial charge >= 0.3 is 6.03 Å². The summed E-state index contributed by atoms with van der Waals surface area (Å²) >= 11 is 1.92. The monoisotopic (exact) mass is 329 g/mol. The molecule has 2 aliphatic rings. The highest BCUT2D eigenvalue weighted by molar-refractivity contribution is 8.00. The Morgan fingerprint density at radius 3 is 2.91 bits per heavy atom.